The van der Waals surface area contributed by atoms with Crippen LogP contribution >= 0.6 is 27.5 Å². The molecule has 0 fully saturated rings. The zero-order chi connectivity index (χ0) is 13.2. The summed E-state index contributed by atoms with van der Waals surface area (Å²) in [6.07, 6.45) is 0. The monoisotopic (exact) mass is 345 g/mol. The number of halogens is 2. The smallest absolute Gasteiger partial charge is 0.261 e. The zero-order valence-electron chi connectivity index (χ0n) is 9.10. The highest BCUT2D eigenvalue weighted by atomic mass is 79.9. The van der Waals surface area contributed by atoms with Crippen LogP contribution in [-0.4, -0.2) is 8.42 Å². The lowest BCUT2D eigenvalue weighted by Crippen LogP contribution is -2.12. The normalized spacial score (nSPS) is 11.2. The molecule has 0 aromatic heterocycles. The van der Waals surface area contributed by atoms with Crippen molar-refractivity contribution in [3.05, 3.63) is 58.0 Å². The van der Waals surface area contributed by atoms with E-state index >= 15 is 0 Å². The van der Waals surface area contributed by atoms with Crippen LogP contribution in [0.3, 0.4) is 0 Å². The van der Waals surface area contributed by atoms with Gasteiger partial charge >= 0.3 is 0 Å². The number of sulfonamides is 1. The maximum atomic E-state index is 12.0. The van der Waals surface area contributed by atoms with Crippen molar-refractivity contribution in [1.82, 2.24) is 0 Å². The summed E-state index contributed by atoms with van der Waals surface area (Å²) in [7, 11) is -3.56. The van der Waals surface area contributed by atoms with Gasteiger partial charge in [-0.05, 0) is 46.3 Å². The second kappa shape index (κ2) is 5.30. The Morgan fingerprint density at radius 1 is 1.06 bits per heavy atom. The van der Waals surface area contributed by atoms with Gasteiger partial charge in [0.15, 0.2) is 0 Å². The average molecular weight is 347 g/mol. The fourth-order valence-corrected chi connectivity index (χ4v) is 2.94. The van der Waals surface area contributed by atoms with Crippen LogP contribution in [0, 0.1) is 0 Å². The average Bonchev–Trinajstić information content (AvgIpc) is 2.35. The van der Waals surface area contributed by atoms with Crippen molar-refractivity contribution in [2.45, 2.75) is 4.90 Å². The fraction of sp³-hybridized carbons (Fsp3) is 0. The van der Waals surface area contributed by atoms with Crippen LogP contribution in [-0.2, 0) is 10.0 Å². The molecule has 0 atom stereocenters. The van der Waals surface area contributed by atoms with Gasteiger partial charge in [-0.15, -0.1) is 0 Å². The Bertz CT molecular complexity index is 659. The highest BCUT2D eigenvalue weighted by Gasteiger charge is 2.13. The summed E-state index contributed by atoms with van der Waals surface area (Å²) in [4.78, 5) is 0.219. The lowest BCUT2D eigenvalue weighted by Gasteiger charge is -2.08. The highest BCUT2D eigenvalue weighted by Crippen LogP contribution is 2.26. The molecule has 2 aromatic rings. The molecular formula is C12H9BrClNO2S. The van der Waals surface area contributed by atoms with Crippen LogP contribution in [0.4, 0.5) is 5.69 Å². The first-order valence-corrected chi connectivity index (χ1v) is 7.67. The first-order valence-electron chi connectivity index (χ1n) is 5.02. The van der Waals surface area contributed by atoms with E-state index in [1.165, 1.54) is 12.1 Å². The molecule has 0 heterocycles. The summed E-state index contributed by atoms with van der Waals surface area (Å²) in [6, 6.07) is 13.0. The van der Waals surface area contributed by atoms with E-state index in [-0.39, 0.29) is 4.90 Å². The predicted octanol–water partition coefficient (Wildman–Crippen LogP) is 3.90. The van der Waals surface area contributed by atoms with Crippen LogP contribution in [0.25, 0.3) is 0 Å². The second-order valence-electron chi connectivity index (χ2n) is 3.55. The van der Waals surface area contributed by atoms with E-state index in [9.17, 15) is 8.42 Å². The summed E-state index contributed by atoms with van der Waals surface area (Å²) in [6.45, 7) is 0. The van der Waals surface area contributed by atoms with Gasteiger partial charge in [-0.3, -0.25) is 4.72 Å². The Morgan fingerprint density at radius 3 is 2.33 bits per heavy atom. The van der Waals surface area contributed by atoms with Crippen molar-refractivity contribution < 1.29 is 8.42 Å². The number of rotatable bonds is 3. The fourth-order valence-electron chi connectivity index (χ4n) is 1.37. The number of hydrogen-bond donors (Lipinski definition) is 1. The lowest BCUT2D eigenvalue weighted by atomic mass is 10.3. The van der Waals surface area contributed by atoms with Crippen molar-refractivity contribution in [2.75, 3.05) is 4.72 Å². The van der Waals surface area contributed by atoms with Gasteiger partial charge in [0.05, 0.1) is 15.6 Å². The molecule has 0 spiro atoms. The summed E-state index contributed by atoms with van der Waals surface area (Å²) >= 11 is 9.09. The summed E-state index contributed by atoms with van der Waals surface area (Å²) in [5.74, 6) is 0. The Kier molecular flexibility index (Phi) is 3.94. The Hall–Kier alpha value is -1.04. The van der Waals surface area contributed by atoms with E-state index in [0.717, 1.165) is 0 Å². The van der Waals surface area contributed by atoms with Crippen molar-refractivity contribution in [2.24, 2.45) is 0 Å². The first-order chi connectivity index (χ1) is 8.49. The molecule has 0 bridgehead atoms. The van der Waals surface area contributed by atoms with Gasteiger partial charge in [0.1, 0.15) is 0 Å². The molecule has 0 aliphatic carbocycles. The van der Waals surface area contributed by atoms with Gasteiger partial charge in [-0.2, -0.15) is 0 Å². The first kappa shape index (κ1) is 13.4. The zero-order valence-corrected chi connectivity index (χ0v) is 12.3. The maximum Gasteiger partial charge on any atom is 0.261 e. The van der Waals surface area contributed by atoms with Gasteiger partial charge in [0, 0.05) is 4.47 Å². The molecule has 3 nitrogen and oxygen atoms in total. The van der Waals surface area contributed by atoms with Crippen LogP contribution in [0.5, 0.6) is 0 Å². The maximum absolute atomic E-state index is 12.0. The second-order valence-corrected chi connectivity index (χ2v) is 6.49. The van der Waals surface area contributed by atoms with Gasteiger partial charge in [-0.25, -0.2) is 8.42 Å². The minimum atomic E-state index is -3.56. The Balaban J connectivity index is 2.31. The molecule has 94 valence electrons. The van der Waals surface area contributed by atoms with Crippen LogP contribution < -0.4 is 4.72 Å². The standard InChI is InChI=1S/C12H9BrClNO2S/c13-11-8-9(6-7-12(11)14)15-18(16,17)10-4-2-1-3-5-10/h1-8,15H. The van der Waals surface area contributed by atoms with Gasteiger partial charge in [0.2, 0.25) is 0 Å². The molecule has 0 unspecified atom stereocenters. The minimum absolute atomic E-state index is 0.219. The highest BCUT2D eigenvalue weighted by molar-refractivity contribution is 9.10. The summed E-state index contributed by atoms with van der Waals surface area (Å²) in [5.41, 5.74) is 0.454. The van der Waals surface area contributed by atoms with Crippen molar-refractivity contribution in [3.63, 3.8) is 0 Å². The third-order valence-electron chi connectivity index (χ3n) is 2.23. The minimum Gasteiger partial charge on any atom is -0.280 e. The quantitative estimate of drug-likeness (QED) is 0.916. The third kappa shape index (κ3) is 3.04. The van der Waals surface area contributed by atoms with Crippen molar-refractivity contribution in [1.29, 1.82) is 0 Å². The van der Waals surface area contributed by atoms with Gasteiger partial charge in [0.25, 0.3) is 10.0 Å². The van der Waals surface area contributed by atoms with E-state index in [1.54, 1.807) is 36.4 Å². The van der Waals surface area contributed by atoms with E-state index in [1.807, 2.05) is 0 Å². The van der Waals surface area contributed by atoms with Gasteiger partial charge in [-0.1, -0.05) is 29.8 Å². The Morgan fingerprint density at radius 2 is 1.72 bits per heavy atom. The third-order valence-corrected chi connectivity index (χ3v) is 4.84. The molecule has 0 saturated heterocycles. The molecule has 1 N–H and O–H groups in total. The molecule has 0 aliphatic heterocycles. The van der Waals surface area contributed by atoms with Crippen molar-refractivity contribution in [3.8, 4) is 0 Å². The van der Waals surface area contributed by atoms with Gasteiger partial charge < -0.3 is 0 Å². The lowest BCUT2D eigenvalue weighted by molar-refractivity contribution is 0.601. The SMILES string of the molecule is O=S(=O)(Nc1ccc(Cl)c(Br)c1)c1ccccc1. The number of benzene rings is 2. The predicted molar refractivity (Wildman–Crippen MR) is 76.4 cm³/mol. The molecule has 2 rings (SSSR count). The molecule has 0 amide bonds. The van der Waals surface area contributed by atoms with Crippen LogP contribution in [0.15, 0.2) is 57.9 Å². The van der Waals surface area contributed by atoms with E-state index < -0.39 is 10.0 Å². The Labute approximate surface area is 119 Å². The topological polar surface area (TPSA) is 46.2 Å². The number of nitrogens with one attached hydrogen (secondary N) is 1. The van der Waals surface area contributed by atoms with E-state index in [0.29, 0.717) is 15.2 Å². The van der Waals surface area contributed by atoms with E-state index in [2.05, 4.69) is 20.7 Å². The molecular weight excluding hydrogens is 338 g/mol. The van der Waals surface area contributed by atoms with Crippen LogP contribution in [0.2, 0.25) is 5.02 Å². The number of anilines is 1. The number of hydrogen-bond acceptors (Lipinski definition) is 2. The summed E-state index contributed by atoms with van der Waals surface area (Å²) < 4.78 is 27.2. The molecule has 0 aliphatic rings. The molecule has 2 aromatic carbocycles. The van der Waals surface area contributed by atoms with Crippen molar-refractivity contribution >= 4 is 43.2 Å². The van der Waals surface area contributed by atoms with E-state index in [4.69, 9.17) is 11.6 Å². The molecule has 6 heteroatoms. The molecule has 18 heavy (non-hydrogen) atoms. The molecule has 0 radical (unpaired) electrons. The largest absolute Gasteiger partial charge is 0.280 e. The summed E-state index contributed by atoms with van der Waals surface area (Å²) in [5, 5.41) is 0.526. The van der Waals surface area contributed by atoms with Crippen LogP contribution in [0.1, 0.15) is 0 Å². The molecule has 0 saturated carbocycles.